The van der Waals surface area contributed by atoms with Crippen molar-refractivity contribution in [3.63, 3.8) is 0 Å². The lowest BCUT2D eigenvalue weighted by Crippen LogP contribution is -2.92. The summed E-state index contributed by atoms with van der Waals surface area (Å²) in [7, 11) is 1.67. The Kier molecular flexibility index (Phi) is 5.67. The van der Waals surface area contributed by atoms with Crippen LogP contribution in [0, 0.1) is 12.8 Å². The molecule has 1 unspecified atom stereocenters. The molecule has 2 aromatic rings. The largest absolute Gasteiger partial charge is 0.494 e. The molecular formula is C22H31N4O2+. The Morgan fingerprint density at radius 2 is 2.04 bits per heavy atom. The molecule has 1 aliphatic carbocycles. The zero-order chi connectivity index (χ0) is 19.5. The number of quaternary nitrogens is 1. The maximum absolute atomic E-state index is 13.0. The minimum atomic E-state index is 0.0592. The first-order valence-electron chi connectivity index (χ1n) is 10.5. The van der Waals surface area contributed by atoms with E-state index in [9.17, 15) is 4.79 Å². The number of aryl methyl sites for hydroxylation is 1. The highest BCUT2D eigenvalue weighted by Crippen LogP contribution is 2.30. The Labute approximate surface area is 166 Å². The summed E-state index contributed by atoms with van der Waals surface area (Å²) in [5, 5.41) is 2.29. The molecule has 1 aromatic carbocycles. The summed E-state index contributed by atoms with van der Waals surface area (Å²) in [6.07, 6.45) is 11.4. The van der Waals surface area contributed by atoms with Crippen LogP contribution < -0.4 is 15.0 Å². The van der Waals surface area contributed by atoms with Gasteiger partial charge < -0.3 is 19.5 Å². The fourth-order valence-electron chi connectivity index (χ4n) is 4.56. The molecule has 0 spiro atoms. The van der Waals surface area contributed by atoms with E-state index in [1.165, 1.54) is 32.1 Å². The Bertz CT molecular complexity index is 826. The minimum absolute atomic E-state index is 0.0592. The summed E-state index contributed by atoms with van der Waals surface area (Å²) in [5.41, 5.74) is 2.80. The number of carbonyl (C=O) groups excluding carboxylic acids is 1. The Morgan fingerprint density at radius 3 is 2.75 bits per heavy atom. The third-order valence-electron chi connectivity index (χ3n) is 6.19. The van der Waals surface area contributed by atoms with E-state index in [2.05, 4.69) is 10.3 Å². The lowest BCUT2D eigenvalue weighted by molar-refractivity contribution is -0.681. The third-order valence-corrected chi connectivity index (χ3v) is 6.19. The summed E-state index contributed by atoms with van der Waals surface area (Å²) in [4.78, 5) is 19.2. The maximum Gasteiger partial charge on any atom is 0.285 e. The van der Waals surface area contributed by atoms with Crippen LogP contribution in [0.4, 0.5) is 5.69 Å². The van der Waals surface area contributed by atoms with E-state index in [1.54, 1.807) is 13.4 Å². The molecule has 1 amide bonds. The van der Waals surface area contributed by atoms with Crippen molar-refractivity contribution in [2.24, 2.45) is 5.92 Å². The molecule has 1 atom stereocenters. The lowest BCUT2D eigenvalue weighted by Gasteiger charge is -2.22. The van der Waals surface area contributed by atoms with Crippen molar-refractivity contribution < 1.29 is 14.8 Å². The van der Waals surface area contributed by atoms with Gasteiger partial charge in [-0.2, -0.15) is 0 Å². The van der Waals surface area contributed by atoms with Crippen molar-refractivity contribution in [2.45, 2.75) is 51.5 Å². The number of carbonyl (C=O) groups is 1. The number of methoxy groups -OCH3 is 1. The van der Waals surface area contributed by atoms with E-state index in [-0.39, 0.29) is 11.9 Å². The van der Waals surface area contributed by atoms with Crippen LogP contribution >= 0.6 is 0 Å². The molecule has 6 heteroatoms. The monoisotopic (exact) mass is 383 g/mol. The van der Waals surface area contributed by atoms with E-state index in [0.717, 1.165) is 48.2 Å². The standard InChI is InChI=1S/C22H30N4O2/c1-16-14-25(15-24-16)20-9-8-18(12-21(20)28-2)26-11-10-19(22(26)27)23-13-17-6-4-3-5-7-17/h8-9,12,14-15,17,19,23H,3-7,10-11,13H2,1-2H3/p+1. The van der Waals surface area contributed by atoms with Crippen LogP contribution in [0.5, 0.6) is 5.75 Å². The fraction of sp³-hybridized carbons (Fsp3) is 0.545. The first-order valence-corrected chi connectivity index (χ1v) is 10.5. The number of amides is 1. The zero-order valence-electron chi connectivity index (χ0n) is 16.9. The van der Waals surface area contributed by atoms with E-state index in [4.69, 9.17) is 4.74 Å². The third kappa shape index (κ3) is 3.92. The predicted molar refractivity (Wildman–Crippen MR) is 109 cm³/mol. The molecular weight excluding hydrogens is 352 g/mol. The molecule has 0 bridgehead atoms. The molecule has 4 rings (SSSR count). The number of imidazole rings is 1. The van der Waals surface area contributed by atoms with Gasteiger partial charge in [0.05, 0.1) is 31.4 Å². The minimum Gasteiger partial charge on any atom is -0.494 e. The number of nitrogens with two attached hydrogens (primary N) is 1. The number of nitrogens with zero attached hydrogens (tertiary/aromatic N) is 3. The van der Waals surface area contributed by atoms with Gasteiger partial charge in [-0.05, 0) is 31.9 Å². The van der Waals surface area contributed by atoms with Gasteiger partial charge in [0.2, 0.25) is 0 Å². The summed E-state index contributed by atoms with van der Waals surface area (Å²) >= 11 is 0. The predicted octanol–water partition coefficient (Wildman–Crippen LogP) is 2.44. The Balaban J connectivity index is 1.44. The topological polar surface area (TPSA) is 64.0 Å². The van der Waals surface area contributed by atoms with Gasteiger partial charge in [-0.25, -0.2) is 4.98 Å². The van der Waals surface area contributed by atoms with Crippen molar-refractivity contribution in [3.05, 3.63) is 36.4 Å². The van der Waals surface area contributed by atoms with Crippen LogP contribution in [-0.2, 0) is 4.79 Å². The van der Waals surface area contributed by atoms with Crippen molar-refractivity contribution in [2.75, 3.05) is 25.1 Å². The number of aromatic nitrogens is 2. The average molecular weight is 384 g/mol. The average Bonchev–Trinajstić information content (AvgIpc) is 3.32. The smallest absolute Gasteiger partial charge is 0.285 e. The summed E-state index contributed by atoms with van der Waals surface area (Å²) in [5.74, 6) is 1.76. The number of ether oxygens (including phenoxy) is 1. The van der Waals surface area contributed by atoms with Crippen molar-refractivity contribution in [1.29, 1.82) is 0 Å². The molecule has 2 aliphatic rings. The number of hydrogen-bond acceptors (Lipinski definition) is 3. The van der Waals surface area contributed by atoms with Gasteiger partial charge in [-0.15, -0.1) is 0 Å². The number of rotatable bonds is 6. The first kappa shape index (κ1) is 19.0. The number of hydrogen-bond donors (Lipinski definition) is 1. The molecule has 1 aliphatic heterocycles. The van der Waals surface area contributed by atoms with E-state index in [1.807, 2.05) is 40.8 Å². The van der Waals surface area contributed by atoms with Crippen LogP contribution in [0.3, 0.4) is 0 Å². The molecule has 28 heavy (non-hydrogen) atoms. The van der Waals surface area contributed by atoms with Gasteiger partial charge in [0, 0.05) is 36.8 Å². The second-order valence-corrected chi connectivity index (χ2v) is 8.14. The highest BCUT2D eigenvalue weighted by molar-refractivity contribution is 5.98. The number of benzene rings is 1. The Hall–Kier alpha value is -2.34. The van der Waals surface area contributed by atoms with Crippen molar-refractivity contribution in [3.8, 4) is 11.4 Å². The highest BCUT2D eigenvalue weighted by Gasteiger charge is 2.36. The van der Waals surface area contributed by atoms with Gasteiger partial charge in [-0.1, -0.05) is 19.3 Å². The summed E-state index contributed by atoms with van der Waals surface area (Å²) in [6.45, 7) is 3.83. The lowest BCUT2D eigenvalue weighted by atomic mass is 9.89. The van der Waals surface area contributed by atoms with Gasteiger partial charge in [-0.3, -0.25) is 4.79 Å². The molecule has 1 saturated heterocycles. The van der Waals surface area contributed by atoms with Gasteiger partial charge >= 0.3 is 0 Å². The van der Waals surface area contributed by atoms with Crippen molar-refractivity contribution in [1.82, 2.24) is 9.55 Å². The van der Waals surface area contributed by atoms with Gasteiger partial charge in [0.25, 0.3) is 5.91 Å². The summed E-state index contributed by atoms with van der Waals surface area (Å²) < 4.78 is 7.55. The number of anilines is 1. The molecule has 1 aromatic heterocycles. The second-order valence-electron chi connectivity index (χ2n) is 8.14. The zero-order valence-corrected chi connectivity index (χ0v) is 16.9. The second kappa shape index (κ2) is 8.35. The fourth-order valence-corrected chi connectivity index (χ4v) is 4.56. The maximum atomic E-state index is 13.0. The van der Waals surface area contributed by atoms with E-state index in [0.29, 0.717) is 0 Å². The molecule has 0 radical (unpaired) electrons. The molecule has 2 N–H and O–H groups in total. The molecule has 6 nitrogen and oxygen atoms in total. The van der Waals surface area contributed by atoms with Crippen LogP contribution in [-0.4, -0.2) is 41.7 Å². The normalized spacial score (nSPS) is 20.7. The van der Waals surface area contributed by atoms with E-state index < -0.39 is 0 Å². The molecule has 2 heterocycles. The summed E-state index contributed by atoms with van der Waals surface area (Å²) in [6, 6.07) is 6.03. The molecule has 1 saturated carbocycles. The van der Waals surface area contributed by atoms with Crippen LogP contribution in [0.1, 0.15) is 44.2 Å². The molecule has 2 fully saturated rings. The van der Waals surface area contributed by atoms with Crippen LogP contribution in [0.2, 0.25) is 0 Å². The van der Waals surface area contributed by atoms with Gasteiger partial charge in [0.15, 0.2) is 6.04 Å². The molecule has 150 valence electrons. The SMILES string of the molecule is COc1cc(N2CCC([NH2+]CC3CCCCC3)C2=O)ccc1-n1cnc(C)c1. The van der Waals surface area contributed by atoms with E-state index >= 15 is 0 Å². The first-order chi connectivity index (χ1) is 13.7. The van der Waals surface area contributed by atoms with Crippen molar-refractivity contribution >= 4 is 11.6 Å². The quantitative estimate of drug-likeness (QED) is 0.833. The van der Waals surface area contributed by atoms with Crippen LogP contribution in [0.25, 0.3) is 5.69 Å². The van der Waals surface area contributed by atoms with Gasteiger partial charge in [0.1, 0.15) is 5.75 Å². The van der Waals surface area contributed by atoms with Crippen LogP contribution in [0.15, 0.2) is 30.7 Å². The Morgan fingerprint density at radius 1 is 1.21 bits per heavy atom. The highest BCUT2D eigenvalue weighted by atomic mass is 16.5.